The van der Waals surface area contributed by atoms with Gasteiger partial charge in [0.2, 0.25) is 0 Å². The Morgan fingerprint density at radius 1 is 1.15 bits per heavy atom. The van der Waals surface area contributed by atoms with Gasteiger partial charge in [0.1, 0.15) is 12.4 Å². The van der Waals surface area contributed by atoms with E-state index in [2.05, 4.69) is 21.2 Å². The Hall–Kier alpha value is -0.740. The Kier molecular flexibility index (Phi) is 5.73. The lowest BCUT2D eigenvalue weighted by molar-refractivity contribution is 0.304. The van der Waals surface area contributed by atoms with Crippen LogP contribution in [0.25, 0.3) is 0 Å². The van der Waals surface area contributed by atoms with Gasteiger partial charge in [-0.25, -0.2) is 0 Å². The van der Waals surface area contributed by atoms with E-state index in [1.807, 2.05) is 31.3 Å². The molecule has 0 atom stereocenters. The largest absolute Gasteiger partial charge is 0.488 e. The molecule has 2 aromatic rings. The number of nitrogens with one attached hydrogen (secondary N) is 1. The maximum absolute atomic E-state index is 6.12. The van der Waals surface area contributed by atoms with Crippen LogP contribution in [-0.4, -0.2) is 7.05 Å². The molecule has 0 saturated heterocycles. The van der Waals surface area contributed by atoms with E-state index in [4.69, 9.17) is 27.9 Å². The van der Waals surface area contributed by atoms with Crippen molar-refractivity contribution in [2.75, 3.05) is 7.05 Å². The van der Waals surface area contributed by atoms with Gasteiger partial charge in [-0.1, -0.05) is 35.3 Å². The molecule has 0 saturated carbocycles. The van der Waals surface area contributed by atoms with Crippen molar-refractivity contribution in [1.29, 1.82) is 0 Å². The Morgan fingerprint density at radius 3 is 2.45 bits per heavy atom. The normalized spacial score (nSPS) is 10.6. The molecule has 1 N–H and O–H groups in total. The molecule has 0 heterocycles. The third-order valence-corrected chi connectivity index (χ3v) is 4.14. The fourth-order valence-corrected chi connectivity index (χ4v) is 2.84. The first kappa shape index (κ1) is 15.6. The van der Waals surface area contributed by atoms with Gasteiger partial charge >= 0.3 is 0 Å². The summed E-state index contributed by atoms with van der Waals surface area (Å²) in [5, 5.41) is 4.33. The van der Waals surface area contributed by atoms with Gasteiger partial charge in [-0.05, 0) is 52.8 Å². The predicted octanol–water partition coefficient (Wildman–Crippen LogP) is 5.05. The van der Waals surface area contributed by atoms with Crippen LogP contribution in [-0.2, 0) is 13.2 Å². The predicted molar refractivity (Wildman–Crippen MR) is 87.7 cm³/mol. The summed E-state index contributed by atoms with van der Waals surface area (Å²) in [5.41, 5.74) is 1.98. The molecule has 0 radical (unpaired) electrons. The number of ether oxygens (including phenoxy) is 1. The quantitative estimate of drug-likeness (QED) is 0.790. The lowest BCUT2D eigenvalue weighted by Crippen LogP contribution is -2.05. The van der Waals surface area contributed by atoms with E-state index in [-0.39, 0.29) is 0 Å². The van der Waals surface area contributed by atoms with E-state index < -0.39 is 0 Å². The van der Waals surface area contributed by atoms with Gasteiger partial charge in [-0.2, -0.15) is 0 Å². The van der Waals surface area contributed by atoms with Crippen LogP contribution in [0.3, 0.4) is 0 Å². The van der Waals surface area contributed by atoms with Gasteiger partial charge in [0, 0.05) is 22.2 Å². The van der Waals surface area contributed by atoms with Gasteiger partial charge < -0.3 is 10.1 Å². The minimum atomic E-state index is 0.336. The average Bonchev–Trinajstić information content (AvgIpc) is 2.40. The molecule has 2 nitrogen and oxygen atoms in total. The molecule has 2 rings (SSSR count). The maximum Gasteiger partial charge on any atom is 0.134 e. The molecule has 0 aliphatic heterocycles. The number of hydrogen-bond acceptors (Lipinski definition) is 2. The molecule has 5 heteroatoms. The summed E-state index contributed by atoms with van der Waals surface area (Å²) in [7, 11) is 1.91. The Balaban J connectivity index is 2.11. The molecule has 106 valence electrons. The minimum Gasteiger partial charge on any atom is -0.488 e. The van der Waals surface area contributed by atoms with E-state index in [1.54, 1.807) is 12.1 Å². The van der Waals surface area contributed by atoms with Crippen LogP contribution in [0.15, 0.2) is 40.9 Å². The number of benzene rings is 2. The Morgan fingerprint density at radius 2 is 1.85 bits per heavy atom. The second-order valence-electron chi connectivity index (χ2n) is 4.28. The molecule has 0 aromatic heterocycles. The first-order valence-corrected chi connectivity index (χ1v) is 7.65. The summed E-state index contributed by atoms with van der Waals surface area (Å²) in [6.07, 6.45) is 0. The fraction of sp³-hybridized carbons (Fsp3) is 0.200. The van der Waals surface area contributed by atoms with Crippen LogP contribution >= 0.6 is 39.1 Å². The lowest BCUT2D eigenvalue weighted by Gasteiger charge is -2.12. The standard InChI is InChI=1S/C15H14BrCl2NO/c1-19-8-10-5-6-15(12(16)7-10)20-9-11-13(17)3-2-4-14(11)18/h2-7,19H,8-9H2,1H3. The van der Waals surface area contributed by atoms with Crippen LogP contribution < -0.4 is 10.1 Å². The first-order valence-electron chi connectivity index (χ1n) is 6.10. The maximum atomic E-state index is 6.12. The SMILES string of the molecule is CNCc1ccc(OCc2c(Cl)cccc2Cl)c(Br)c1. The average molecular weight is 375 g/mol. The van der Waals surface area contributed by atoms with Crippen LogP contribution in [0.5, 0.6) is 5.75 Å². The fourth-order valence-electron chi connectivity index (χ4n) is 1.80. The number of halogens is 3. The molecule has 0 amide bonds. The van der Waals surface area contributed by atoms with Gasteiger partial charge in [0.05, 0.1) is 4.47 Å². The molecule has 20 heavy (non-hydrogen) atoms. The van der Waals surface area contributed by atoms with Crippen LogP contribution in [0.2, 0.25) is 10.0 Å². The van der Waals surface area contributed by atoms with E-state index in [0.717, 1.165) is 22.3 Å². The zero-order valence-corrected chi connectivity index (χ0v) is 14.0. The van der Waals surface area contributed by atoms with Gasteiger partial charge in [-0.15, -0.1) is 0 Å². The molecule has 0 aliphatic carbocycles. The zero-order chi connectivity index (χ0) is 14.5. The summed E-state index contributed by atoms with van der Waals surface area (Å²) in [4.78, 5) is 0. The Bertz CT molecular complexity index is 584. The van der Waals surface area contributed by atoms with Crippen LogP contribution in [0.4, 0.5) is 0 Å². The molecule has 0 unspecified atom stereocenters. The summed E-state index contributed by atoms with van der Waals surface area (Å²) in [5.74, 6) is 0.765. The molecule has 0 aliphatic rings. The summed E-state index contributed by atoms with van der Waals surface area (Å²) < 4.78 is 6.69. The number of hydrogen-bond donors (Lipinski definition) is 1. The third-order valence-electron chi connectivity index (χ3n) is 2.81. The topological polar surface area (TPSA) is 21.3 Å². The van der Waals surface area contributed by atoms with Crippen molar-refractivity contribution in [3.8, 4) is 5.75 Å². The van der Waals surface area contributed by atoms with Crippen molar-refractivity contribution in [2.45, 2.75) is 13.2 Å². The third kappa shape index (κ3) is 3.89. The first-order chi connectivity index (χ1) is 9.61. The molecular weight excluding hydrogens is 361 g/mol. The highest BCUT2D eigenvalue weighted by molar-refractivity contribution is 9.10. The van der Waals surface area contributed by atoms with Crippen molar-refractivity contribution in [3.05, 3.63) is 62.0 Å². The summed E-state index contributed by atoms with van der Waals surface area (Å²) in [6.45, 7) is 1.15. The highest BCUT2D eigenvalue weighted by Crippen LogP contribution is 2.29. The second-order valence-corrected chi connectivity index (χ2v) is 5.95. The van der Waals surface area contributed by atoms with Gasteiger partial charge in [0.25, 0.3) is 0 Å². The van der Waals surface area contributed by atoms with Crippen molar-refractivity contribution in [2.24, 2.45) is 0 Å². The molecule has 2 aromatic carbocycles. The minimum absolute atomic E-state index is 0.336. The molecular formula is C15H14BrCl2NO. The number of rotatable bonds is 5. The smallest absolute Gasteiger partial charge is 0.134 e. The zero-order valence-electron chi connectivity index (χ0n) is 10.9. The van der Waals surface area contributed by atoms with E-state index in [1.165, 1.54) is 5.56 Å². The van der Waals surface area contributed by atoms with E-state index >= 15 is 0 Å². The monoisotopic (exact) mass is 373 g/mol. The molecule has 0 spiro atoms. The van der Waals surface area contributed by atoms with Crippen LogP contribution in [0.1, 0.15) is 11.1 Å². The second kappa shape index (κ2) is 7.32. The highest BCUT2D eigenvalue weighted by atomic mass is 79.9. The van der Waals surface area contributed by atoms with Gasteiger partial charge in [0.15, 0.2) is 0 Å². The van der Waals surface area contributed by atoms with Gasteiger partial charge in [-0.3, -0.25) is 0 Å². The summed E-state index contributed by atoms with van der Waals surface area (Å²) in [6, 6.07) is 11.4. The molecule has 0 bridgehead atoms. The van der Waals surface area contributed by atoms with Crippen molar-refractivity contribution < 1.29 is 4.74 Å². The van der Waals surface area contributed by atoms with Crippen molar-refractivity contribution in [1.82, 2.24) is 5.32 Å². The van der Waals surface area contributed by atoms with Crippen molar-refractivity contribution >= 4 is 39.1 Å². The molecule has 0 fully saturated rings. The van der Waals surface area contributed by atoms with Crippen LogP contribution in [0, 0.1) is 0 Å². The van der Waals surface area contributed by atoms with Crippen molar-refractivity contribution in [3.63, 3.8) is 0 Å². The van der Waals surface area contributed by atoms with E-state index in [0.29, 0.717) is 16.7 Å². The lowest BCUT2D eigenvalue weighted by atomic mass is 10.2. The summed E-state index contributed by atoms with van der Waals surface area (Å²) >= 11 is 15.7. The highest BCUT2D eigenvalue weighted by Gasteiger charge is 2.08. The Labute approximate surface area is 137 Å². The van der Waals surface area contributed by atoms with E-state index in [9.17, 15) is 0 Å².